The second-order valence-electron chi connectivity index (χ2n) is 8.12. The lowest BCUT2D eigenvalue weighted by Gasteiger charge is -2.21. The number of hydrogen-bond acceptors (Lipinski definition) is 7. The summed E-state index contributed by atoms with van der Waals surface area (Å²) >= 11 is 5.87. The zero-order chi connectivity index (χ0) is 24.8. The summed E-state index contributed by atoms with van der Waals surface area (Å²) in [6, 6.07) is 7.59. The summed E-state index contributed by atoms with van der Waals surface area (Å²) in [5.74, 6) is 0.406. The van der Waals surface area contributed by atoms with Gasteiger partial charge in [-0.15, -0.1) is 0 Å². The van der Waals surface area contributed by atoms with Gasteiger partial charge in [-0.3, -0.25) is 4.79 Å². The van der Waals surface area contributed by atoms with E-state index in [-0.39, 0.29) is 21.3 Å². The molecule has 0 bridgehead atoms. The molecule has 0 amide bonds. The normalized spacial score (nSPS) is 14.9. The van der Waals surface area contributed by atoms with Crippen LogP contribution in [0.1, 0.15) is 29.9 Å². The molecule has 0 radical (unpaired) electrons. The molecule has 2 aromatic heterocycles. The number of aryl methyl sites for hydroxylation is 1. The molecule has 10 heteroatoms. The minimum atomic E-state index is -4.13. The Labute approximate surface area is 202 Å². The fraction of sp³-hybridized carbons (Fsp3) is 0.167. The van der Waals surface area contributed by atoms with Crippen molar-refractivity contribution < 1.29 is 12.8 Å². The highest BCUT2D eigenvalue weighted by Gasteiger charge is 2.21. The van der Waals surface area contributed by atoms with Crippen LogP contribution >= 0.6 is 11.6 Å². The molecule has 34 heavy (non-hydrogen) atoms. The second kappa shape index (κ2) is 8.75. The second-order valence-corrected chi connectivity index (χ2v) is 9.99. The molecule has 1 atom stereocenters. The Balaban J connectivity index is 1.84. The summed E-state index contributed by atoms with van der Waals surface area (Å²) in [5.41, 5.74) is 3.45. The number of likely N-dealkylation sites (N-methyl/N-ethyl adjacent to an activating group) is 1. The molecule has 0 saturated carbocycles. The van der Waals surface area contributed by atoms with Crippen molar-refractivity contribution in [3.8, 4) is 0 Å². The van der Waals surface area contributed by atoms with E-state index in [2.05, 4.69) is 16.9 Å². The predicted molar refractivity (Wildman–Crippen MR) is 134 cm³/mol. The number of aromatic nitrogens is 1. The number of hydrogen-bond donors (Lipinski definition) is 2. The highest BCUT2D eigenvalue weighted by Crippen LogP contribution is 2.32. The number of pyridine rings is 1. The highest BCUT2D eigenvalue weighted by atomic mass is 35.5. The molecule has 1 aliphatic rings. The number of sulfonamides is 1. The fourth-order valence-electron chi connectivity index (χ4n) is 3.74. The van der Waals surface area contributed by atoms with Gasteiger partial charge in [0.25, 0.3) is 10.0 Å². The monoisotopic (exact) mass is 498 g/mol. The van der Waals surface area contributed by atoms with Crippen LogP contribution in [0.2, 0.25) is 5.15 Å². The van der Waals surface area contributed by atoms with E-state index in [0.29, 0.717) is 22.3 Å². The molecule has 3 aromatic rings. The molecule has 0 spiro atoms. The van der Waals surface area contributed by atoms with E-state index in [1.165, 1.54) is 18.2 Å². The van der Waals surface area contributed by atoms with Crippen molar-refractivity contribution in [2.75, 3.05) is 12.4 Å². The van der Waals surface area contributed by atoms with Crippen LogP contribution in [-0.4, -0.2) is 25.3 Å². The Hall–Kier alpha value is -3.40. The molecule has 8 nitrogen and oxygen atoms in total. The van der Waals surface area contributed by atoms with Gasteiger partial charge in [-0.25, -0.2) is 18.5 Å². The first-order valence-corrected chi connectivity index (χ1v) is 12.2. The van der Waals surface area contributed by atoms with Crippen molar-refractivity contribution in [3.05, 3.63) is 93.2 Å². The van der Waals surface area contributed by atoms with Gasteiger partial charge in [0.2, 0.25) is 0 Å². The molecule has 0 unspecified atom stereocenters. The third kappa shape index (κ3) is 4.63. The lowest BCUT2D eigenvalue weighted by Crippen LogP contribution is -2.18. The Morgan fingerprint density at radius 2 is 1.97 bits per heavy atom. The van der Waals surface area contributed by atoms with E-state index >= 15 is 0 Å². The van der Waals surface area contributed by atoms with Crippen LogP contribution in [0.15, 0.2) is 75.2 Å². The first kappa shape index (κ1) is 23.7. The number of nitrogens with zero attached hydrogens (tertiary/aromatic N) is 2. The van der Waals surface area contributed by atoms with Crippen molar-refractivity contribution in [2.45, 2.75) is 24.9 Å². The van der Waals surface area contributed by atoms with Gasteiger partial charge in [0.05, 0.1) is 17.1 Å². The quantitative estimate of drug-likeness (QED) is 0.502. The molecule has 4 rings (SSSR count). The van der Waals surface area contributed by atoms with Crippen molar-refractivity contribution in [2.24, 2.45) is 5.14 Å². The third-order valence-electron chi connectivity index (χ3n) is 5.46. The standard InChI is InChI=1S/C24H23ClN4O4S/c1-13-9-17(15(3)27-19-7-8-22(25)28-24(19)34(26,31)32)23-18(10-13)20(30)11-21(33-23)16-6-5-14(2)29(4)12-16/h5-12,15,27H,2H2,1,3-4H3,(H2,26,31,32)/t15-/m1/s1. The van der Waals surface area contributed by atoms with Gasteiger partial charge in [-0.2, -0.15) is 0 Å². The molecule has 1 aliphatic heterocycles. The zero-order valence-electron chi connectivity index (χ0n) is 18.8. The van der Waals surface area contributed by atoms with Crippen molar-refractivity contribution >= 4 is 43.9 Å². The number of rotatable bonds is 5. The Morgan fingerprint density at radius 1 is 1.24 bits per heavy atom. The molecular weight excluding hydrogens is 476 g/mol. The van der Waals surface area contributed by atoms with Crippen LogP contribution in [0.4, 0.5) is 5.69 Å². The number of benzene rings is 1. The van der Waals surface area contributed by atoms with Crippen LogP contribution in [-0.2, 0) is 10.0 Å². The van der Waals surface area contributed by atoms with Gasteiger partial charge in [0.1, 0.15) is 16.5 Å². The number of halogens is 1. The summed E-state index contributed by atoms with van der Waals surface area (Å²) in [7, 11) is -2.27. The van der Waals surface area contributed by atoms with Crippen LogP contribution < -0.4 is 15.9 Å². The average molecular weight is 499 g/mol. The fourth-order valence-corrected chi connectivity index (χ4v) is 4.59. The Bertz CT molecular complexity index is 1560. The number of nitrogens with one attached hydrogen (secondary N) is 1. The maximum absolute atomic E-state index is 13.0. The van der Waals surface area contributed by atoms with Crippen molar-refractivity contribution in [1.29, 1.82) is 0 Å². The van der Waals surface area contributed by atoms with E-state index in [1.54, 1.807) is 6.07 Å². The number of allylic oxidation sites excluding steroid dienone is 3. The smallest absolute Gasteiger partial charge is 0.257 e. The Morgan fingerprint density at radius 3 is 2.65 bits per heavy atom. The number of anilines is 1. The topological polar surface area (TPSA) is 119 Å². The minimum absolute atomic E-state index is 0.000308. The Kier molecular flexibility index (Phi) is 6.11. The van der Waals surface area contributed by atoms with Crippen LogP contribution in [0, 0.1) is 6.92 Å². The lowest BCUT2D eigenvalue weighted by atomic mass is 10.0. The SMILES string of the molecule is C=C1C=CC(c2cc(=O)c3cc(C)cc([C@@H](C)Nc4ccc(Cl)nc4S(N)(=O)=O)c3o2)=CN1C. The number of primary sulfonamides is 1. The van der Waals surface area contributed by atoms with Crippen LogP contribution in [0.25, 0.3) is 16.5 Å². The third-order valence-corrected chi connectivity index (χ3v) is 6.52. The summed E-state index contributed by atoms with van der Waals surface area (Å²) in [6.07, 6.45) is 5.50. The maximum atomic E-state index is 13.0. The molecule has 1 aromatic carbocycles. The summed E-state index contributed by atoms with van der Waals surface area (Å²) < 4.78 is 30.3. The van der Waals surface area contributed by atoms with Gasteiger partial charge >= 0.3 is 0 Å². The molecule has 3 heterocycles. The first-order chi connectivity index (χ1) is 15.9. The van der Waals surface area contributed by atoms with Crippen LogP contribution in [0.5, 0.6) is 0 Å². The van der Waals surface area contributed by atoms with Gasteiger partial charge in [0, 0.05) is 36.1 Å². The number of nitrogens with two attached hydrogens (primary N) is 1. The molecule has 0 fully saturated rings. The largest absolute Gasteiger partial charge is 0.455 e. The van der Waals surface area contributed by atoms with Crippen molar-refractivity contribution in [1.82, 2.24) is 9.88 Å². The molecule has 0 saturated heterocycles. The number of fused-ring (bicyclic) bond motifs is 1. The first-order valence-electron chi connectivity index (χ1n) is 10.3. The van der Waals surface area contributed by atoms with E-state index < -0.39 is 16.1 Å². The highest BCUT2D eigenvalue weighted by molar-refractivity contribution is 7.89. The van der Waals surface area contributed by atoms with E-state index in [9.17, 15) is 13.2 Å². The van der Waals surface area contributed by atoms with E-state index in [0.717, 1.165) is 16.8 Å². The molecular formula is C24H23ClN4O4S. The maximum Gasteiger partial charge on any atom is 0.257 e. The lowest BCUT2D eigenvalue weighted by molar-refractivity contribution is 0.563. The summed E-state index contributed by atoms with van der Waals surface area (Å²) in [5, 5.41) is 8.50. The molecule has 0 aliphatic carbocycles. The van der Waals surface area contributed by atoms with Gasteiger partial charge < -0.3 is 14.6 Å². The van der Waals surface area contributed by atoms with Crippen LogP contribution in [0.3, 0.4) is 0 Å². The average Bonchev–Trinajstić information content (AvgIpc) is 2.76. The molecule has 3 N–H and O–H groups in total. The van der Waals surface area contributed by atoms with Crippen molar-refractivity contribution in [3.63, 3.8) is 0 Å². The summed E-state index contributed by atoms with van der Waals surface area (Å²) in [4.78, 5) is 18.7. The summed E-state index contributed by atoms with van der Waals surface area (Å²) in [6.45, 7) is 7.63. The minimum Gasteiger partial charge on any atom is -0.455 e. The molecule has 176 valence electrons. The van der Waals surface area contributed by atoms with Gasteiger partial charge in [0.15, 0.2) is 10.5 Å². The van der Waals surface area contributed by atoms with E-state index in [4.69, 9.17) is 21.2 Å². The van der Waals surface area contributed by atoms with Gasteiger partial charge in [-0.05, 0) is 49.8 Å². The van der Waals surface area contributed by atoms with Gasteiger partial charge in [-0.1, -0.05) is 24.2 Å². The van der Waals surface area contributed by atoms with E-state index in [1.807, 2.05) is 50.2 Å². The predicted octanol–water partition coefficient (Wildman–Crippen LogP) is 4.33. The zero-order valence-corrected chi connectivity index (χ0v) is 20.4.